The van der Waals surface area contributed by atoms with Crippen molar-refractivity contribution < 1.29 is 19.4 Å². The van der Waals surface area contributed by atoms with Crippen molar-refractivity contribution in [2.45, 2.75) is 45.6 Å². The number of hydrogen-bond acceptors (Lipinski definition) is 4. The fourth-order valence-electron chi connectivity index (χ4n) is 4.15. The van der Waals surface area contributed by atoms with Crippen molar-refractivity contribution in [3.05, 3.63) is 83.4 Å². The third-order valence-electron chi connectivity index (χ3n) is 6.49. The van der Waals surface area contributed by atoms with Crippen LogP contribution < -0.4 is 4.74 Å². The van der Waals surface area contributed by atoms with Crippen molar-refractivity contribution in [2.24, 2.45) is 12.5 Å². The van der Waals surface area contributed by atoms with E-state index in [1.165, 1.54) is 19.4 Å². The number of ketones is 1. The molecule has 0 saturated heterocycles. The maximum absolute atomic E-state index is 12.4. The number of nitrogens with zero attached hydrogens (tertiary/aromatic N) is 2. The molecule has 0 bridgehead atoms. The molecule has 2 aromatic carbocycles. The van der Waals surface area contributed by atoms with Crippen molar-refractivity contribution in [3.63, 3.8) is 0 Å². The molecule has 1 unspecified atom stereocenters. The quantitative estimate of drug-likeness (QED) is 0.458. The van der Waals surface area contributed by atoms with Crippen LogP contribution in [0.5, 0.6) is 5.75 Å². The molecule has 6 nitrogen and oxygen atoms in total. The molecule has 1 atom stereocenters. The molecule has 0 spiro atoms. The average molecular weight is 459 g/mol. The van der Waals surface area contributed by atoms with Gasteiger partial charge in [0.05, 0.1) is 0 Å². The zero-order chi connectivity index (χ0) is 24.3. The second kappa shape index (κ2) is 9.67. The second-order valence-electron chi connectivity index (χ2n) is 9.32. The lowest BCUT2D eigenvalue weighted by Crippen LogP contribution is -2.33. The minimum absolute atomic E-state index is 0.127. The SMILES string of the molecule is Cn1ccnc1C1=Cc2cc(CCC(=O)C(C)(C)C(=O)O)ccc2OC1CCc1ccccc1. The Hall–Kier alpha value is -3.67. The number of aromatic nitrogens is 2. The Balaban J connectivity index is 1.56. The lowest BCUT2D eigenvalue weighted by atomic mass is 9.85. The fourth-order valence-corrected chi connectivity index (χ4v) is 4.15. The summed E-state index contributed by atoms with van der Waals surface area (Å²) in [6.07, 6.45) is 8.07. The predicted molar refractivity (Wildman–Crippen MR) is 131 cm³/mol. The number of imidazole rings is 1. The van der Waals surface area contributed by atoms with Gasteiger partial charge in [-0.3, -0.25) is 9.59 Å². The standard InChI is InChI=1S/C28H30N2O4/c1-28(2,27(32)33)25(31)14-11-20-10-12-23-21(17-20)18-22(26-29-15-16-30(26)3)24(34-23)13-9-19-7-5-4-6-8-19/h4-8,10,12,15-18,24H,9,11,13-14H2,1-3H3,(H,32,33). The fraction of sp³-hybridized carbons (Fsp3) is 0.321. The van der Waals surface area contributed by atoms with E-state index in [-0.39, 0.29) is 18.3 Å². The van der Waals surface area contributed by atoms with Gasteiger partial charge in [0, 0.05) is 37.0 Å². The summed E-state index contributed by atoms with van der Waals surface area (Å²) in [7, 11) is 1.97. The highest BCUT2D eigenvalue weighted by atomic mass is 16.5. The van der Waals surface area contributed by atoms with Crippen LogP contribution in [0.25, 0.3) is 11.6 Å². The van der Waals surface area contributed by atoms with Gasteiger partial charge in [0.15, 0.2) is 0 Å². The molecule has 3 aromatic rings. The molecule has 4 rings (SSSR count). The molecular formula is C28H30N2O4. The molecule has 34 heavy (non-hydrogen) atoms. The first kappa shape index (κ1) is 23.5. The summed E-state index contributed by atoms with van der Waals surface area (Å²) in [6, 6.07) is 16.3. The van der Waals surface area contributed by atoms with E-state index in [2.05, 4.69) is 23.2 Å². The van der Waals surface area contributed by atoms with E-state index in [1.807, 2.05) is 54.2 Å². The van der Waals surface area contributed by atoms with E-state index in [0.717, 1.165) is 41.1 Å². The van der Waals surface area contributed by atoms with Crippen LogP contribution in [0, 0.1) is 5.41 Å². The molecule has 6 heteroatoms. The molecule has 1 aliphatic rings. The third-order valence-corrected chi connectivity index (χ3v) is 6.49. The highest BCUT2D eigenvalue weighted by molar-refractivity contribution is 6.02. The Morgan fingerprint density at radius 1 is 1.09 bits per heavy atom. The number of ether oxygens (including phenoxy) is 1. The highest BCUT2D eigenvalue weighted by Gasteiger charge is 2.35. The topological polar surface area (TPSA) is 81.4 Å². The van der Waals surface area contributed by atoms with Crippen molar-refractivity contribution in [1.29, 1.82) is 0 Å². The smallest absolute Gasteiger partial charge is 0.316 e. The van der Waals surface area contributed by atoms with E-state index in [1.54, 1.807) is 6.20 Å². The number of fused-ring (bicyclic) bond motifs is 1. The number of benzene rings is 2. The number of carbonyl (C=O) groups excluding carboxylic acids is 1. The molecule has 0 amide bonds. The number of Topliss-reactive ketones (excluding diaryl/α,β-unsaturated/α-hetero) is 1. The normalized spacial score (nSPS) is 15.3. The first-order chi connectivity index (χ1) is 16.3. The summed E-state index contributed by atoms with van der Waals surface area (Å²) in [4.78, 5) is 28.3. The molecule has 0 saturated carbocycles. The summed E-state index contributed by atoms with van der Waals surface area (Å²) >= 11 is 0. The van der Waals surface area contributed by atoms with E-state index >= 15 is 0 Å². The van der Waals surface area contributed by atoms with Gasteiger partial charge in [0.25, 0.3) is 0 Å². The van der Waals surface area contributed by atoms with Crippen molar-refractivity contribution >= 4 is 23.4 Å². The number of aryl methyl sites for hydroxylation is 3. The van der Waals surface area contributed by atoms with Crippen LogP contribution in [0.15, 0.2) is 60.9 Å². The lowest BCUT2D eigenvalue weighted by molar-refractivity contribution is -0.152. The maximum atomic E-state index is 12.4. The largest absolute Gasteiger partial charge is 0.485 e. The van der Waals surface area contributed by atoms with Gasteiger partial charge in [-0.1, -0.05) is 36.4 Å². The van der Waals surface area contributed by atoms with Crippen molar-refractivity contribution in [1.82, 2.24) is 9.55 Å². The van der Waals surface area contributed by atoms with E-state index < -0.39 is 11.4 Å². The predicted octanol–water partition coefficient (Wildman–Crippen LogP) is 4.97. The minimum atomic E-state index is -1.38. The molecule has 1 N–H and O–H groups in total. The van der Waals surface area contributed by atoms with Gasteiger partial charge < -0.3 is 14.4 Å². The monoisotopic (exact) mass is 458 g/mol. The summed E-state index contributed by atoms with van der Waals surface area (Å²) in [5.74, 6) is 0.296. The number of carbonyl (C=O) groups is 2. The first-order valence-corrected chi connectivity index (χ1v) is 11.5. The average Bonchev–Trinajstić information content (AvgIpc) is 3.26. The number of carboxylic acids is 1. The lowest BCUT2D eigenvalue weighted by Gasteiger charge is -2.28. The Morgan fingerprint density at radius 3 is 2.53 bits per heavy atom. The molecule has 0 fully saturated rings. The maximum Gasteiger partial charge on any atom is 0.316 e. The Bertz CT molecular complexity index is 1220. The summed E-state index contributed by atoms with van der Waals surface area (Å²) in [5.41, 5.74) is 2.82. The van der Waals surface area contributed by atoms with Crippen LogP contribution in [-0.4, -0.2) is 32.5 Å². The molecule has 176 valence electrons. The van der Waals surface area contributed by atoms with Gasteiger partial charge in [-0.25, -0.2) is 4.98 Å². The van der Waals surface area contributed by atoms with E-state index in [9.17, 15) is 14.7 Å². The summed E-state index contributed by atoms with van der Waals surface area (Å²) < 4.78 is 8.44. The van der Waals surface area contributed by atoms with Gasteiger partial charge in [-0.15, -0.1) is 0 Å². The zero-order valence-corrected chi connectivity index (χ0v) is 19.8. The number of aliphatic carboxylic acids is 1. The molecule has 2 heterocycles. The van der Waals surface area contributed by atoms with Crippen LogP contribution in [-0.2, 0) is 29.5 Å². The first-order valence-electron chi connectivity index (χ1n) is 11.5. The Morgan fingerprint density at radius 2 is 1.85 bits per heavy atom. The minimum Gasteiger partial charge on any atom is -0.485 e. The number of hydrogen-bond donors (Lipinski definition) is 1. The Labute approximate surface area is 199 Å². The van der Waals surface area contributed by atoms with Crippen LogP contribution >= 0.6 is 0 Å². The zero-order valence-electron chi connectivity index (χ0n) is 19.8. The van der Waals surface area contributed by atoms with Crippen LogP contribution in [0.2, 0.25) is 0 Å². The van der Waals surface area contributed by atoms with E-state index in [4.69, 9.17) is 4.74 Å². The highest BCUT2D eigenvalue weighted by Crippen LogP contribution is 2.36. The van der Waals surface area contributed by atoms with E-state index in [0.29, 0.717) is 6.42 Å². The van der Waals surface area contributed by atoms with Crippen molar-refractivity contribution in [3.8, 4) is 5.75 Å². The van der Waals surface area contributed by atoms with Crippen molar-refractivity contribution in [2.75, 3.05) is 0 Å². The third kappa shape index (κ3) is 4.96. The van der Waals surface area contributed by atoms with Crippen LogP contribution in [0.3, 0.4) is 0 Å². The van der Waals surface area contributed by atoms with Crippen LogP contribution in [0.1, 0.15) is 49.2 Å². The van der Waals surface area contributed by atoms with Gasteiger partial charge in [0.2, 0.25) is 0 Å². The molecule has 0 radical (unpaired) electrons. The summed E-state index contributed by atoms with van der Waals surface area (Å²) in [6.45, 7) is 2.91. The number of rotatable bonds is 9. The van der Waals surface area contributed by atoms with Gasteiger partial charge in [-0.05, 0) is 62.4 Å². The number of carboxylic acid groups (broad SMARTS) is 1. The molecule has 0 aliphatic carbocycles. The van der Waals surface area contributed by atoms with Gasteiger partial charge in [-0.2, -0.15) is 0 Å². The second-order valence-corrected chi connectivity index (χ2v) is 9.32. The molecule has 1 aliphatic heterocycles. The van der Waals surface area contributed by atoms with Crippen LogP contribution in [0.4, 0.5) is 0 Å². The Kier molecular flexibility index (Phi) is 6.68. The molecular weight excluding hydrogens is 428 g/mol. The summed E-state index contributed by atoms with van der Waals surface area (Å²) in [5, 5.41) is 9.30. The van der Waals surface area contributed by atoms with Gasteiger partial charge in [0.1, 0.15) is 28.9 Å². The molecule has 1 aromatic heterocycles. The van der Waals surface area contributed by atoms with Gasteiger partial charge >= 0.3 is 5.97 Å².